The van der Waals surface area contributed by atoms with E-state index in [4.69, 9.17) is 14.6 Å². The number of benzene rings is 2. The molecule has 3 rings (SSSR count). The maximum atomic E-state index is 14.4. The molecule has 32 heavy (non-hydrogen) atoms. The molecule has 0 bridgehead atoms. The first-order valence-corrected chi connectivity index (χ1v) is 11.0. The van der Waals surface area contributed by atoms with Crippen LogP contribution in [0.25, 0.3) is 5.69 Å². The zero-order valence-corrected chi connectivity index (χ0v) is 19.0. The maximum absolute atomic E-state index is 14.4. The lowest BCUT2D eigenvalue weighted by Crippen LogP contribution is -2.34. The Labute approximate surface area is 189 Å². The molecule has 0 saturated carbocycles. The van der Waals surface area contributed by atoms with Gasteiger partial charge >= 0.3 is 0 Å². The van der Waals surface area contributed by atoms with Crippen molar-refractivity contribution >= 4 is 0 Å². The van der Waals surface area contributed by atoms with Gasteiger partial charge < -0.3 is 14.6 Å². The molecule has 0 amide bonds. The van der Waals surface area contributed by atoms with Crippen molar-refractivity contribution in [2.75, 3.05) is 26.8 Å². The minimum Gasteiger partial charge on any atom is -0.435 e. The number of halogens is 1. The third-order valence-electron chi connectivity index (χ3n) is 5.27. The second-order valence-corrected chi connectivity index (χ2v) is 7.82. The van der Waals surface area contributed by atoms with Crippen LogP contribution in [-0.4, -0.2) is 52.7 Å². The Kier molecular flexibility index (Phi) is 8.79. The van der Waals surface area contributed by atoms with Crippen molar-refractivity contribution < 1.29 is 19.0 Å². The molecule has 7 heteroatoms. The van der Waals surface area contributed by atoms with Crippen LogP contribution in [-0.2, 0) is 11.3 Å². The maximum Gasteiger partial charge on any atom is 0.227 e. The summed E-state index contributed by atoms with van der Waals surface area (Å²) in [5.74, 6) is 0.165. The van der Waals surface area contributed by atoms with E-state index in [0.717, 1.165) is 29.8 Å². The van der Waals surface area contributed by atoms with Gasteiger partial charge in [-0.3, -0.25) is 4.90 Å². The number of rotatable bonds is 12. The molecule has 0 aliphatic carbocycles. The number of hydrogen-bond acceptors (Lipinski definition) is 5. The zero-order chi connectivity index (χ0) is 22.9. The number of aromatic nitrogens is 2. The van der Waals surface area contributed by atoms with Crippen molar-refractivity contribution in [1.82, 2.24) is 14.7 Å². The Balaban J connectivity index is 1.99. The van der Waals surface area contributed by atoms with Crippen LogP contribution in [0.2, 0.25) is 0 Å². The molecule has 2 aromatic carbocycles. The SMILES string of the molecule is CCCC(O)CN(CCOC)Cc1c(C)nn(-c2ccccc2)c1Oc1ccccc1F. The van der Waals surface area contributed by atoms with Crippen LogP contribution >= 0.6 is 0 Å². The predicted molar refractivity (Wildman–Crippen MR) is 123 cm³/mol. The van der Waals surface area contributed by atoms with Gasteiger partial charge in [0.1, 0.15) is 0 Å². The van der Waals surface area contributed by atoms with E-state index in [-0.39, 0.29) is 5.75 Å². The number of para-hydroxylation sites is 2. The number of methoxy groups -OCH3 is 1. The summed E-state index contributed by atoms with van der Waals surface area (Å²) in [5.41, 5.74) is 2.45. The van der Waals surface area contributed by atoms with Crippen LogP contribution in [0.15, 0.2) is 54.6 Å². The van der Waals surface area contributed by atoms with E-state index in [2.05, 4.69) is 11.8 Å². The van der Waals surface area contributed by atoms with Gasteiger partial charge in [0.05, 0.1) is 29.7 Å². The number of ether oxygens (including phenoxy) is 2. The van der Waals surface area contributed by atoms with Crippen LogP contribution in [0.1, 0.15) is 31.0 Å². The fourth-order valence-corrected chi connectivity index (χ4v) is 3.60. The molecule has 3 aromatic rings. The number of aliphatic hydroxyl groups is 1. The summed E-state index contributed by atoms with van der Waals surface area (Å²) in [6.45, 7) is 6.15. The molecular formula is C25H32FN3O3. The van der Waals surface area contributed by atoms with Gasteiger partial charge in [0.2, 0.25) is 5.88 Å². The summed E-state index contributed by atoms with van der Waals surface area (Å²) in [5, 5.41) is 15.1. The third kappa shape index (κ3) is 6.16. The van der Waals surface area contributed by atoms with Gasteiger partial charge in [-0.1, -0.05) is 43.7 Å². The Bertz CT molecular complexity index is 978. The molecule has 0 aliphatic rings. The minimum absolute atomic E-state index is 0.139. The van der Waals surface area contributed by atoms with E-state index in [0.29, 0.717) is 32.1 Å². The van der Waals surface area contributed by atoms with Crippen molar-refractivity contribution in [3.05, 3.63) is 71.7 Å². The fourth-order valence-electron chi connectivity index (χ4n) is 3.60. The Morgan fingerprint density at radius 2 is 1.84 bits per heavy atom. The van der Waals surface area contributed by atoms with Crippen molar-refractivity contribution in [2.24, 2.45) is 0 Å². The summed E-state index contributed by atoms with van der Waals surface area (Å²) in [4.78, 5) is 2.12. The highest BCUT2D eigenvalue weighted by Crippen LogP contribution is 2.32. The highest BCUT2D eigenvalue weighted by Gasteiger charge is 2.23. The van der Waals surface area contributed by atoms with Gasteiger partial charge in [0.25, 0.3) is 0 Å². The van der Waals surface area contributed by atoms with E-state index in [1.165, 1.54) is 6.07 Å². The molecular weight excluding hydrogens is 409 g/mol. The smallest absolute Gasteiger partial charge is 0.227 e. The monoisotopic (exact) mass is 441 g/mol. The average Bonchev–Trinajstić information content (AvgIpc) is 3.09. The molecule has 0 radical (unpaired) electrons. The molecule has 172 valence electrons. The van der Waals surface area contributed by atoms with E-state index in [9.17, 15) is 9.50 Å². The topological polar surface area (TPSA) is 59.8 Å². The van der Waals surface area contributed by atoms with Crippen LogP contribution < -0.4 is 4.74 Å². The van der Waals surface area contributed by atoms with Gasteiger partial charge in [-0.05, 0) is 37.6 Å². The number of aliphatic hydroxyl groups excluding tert-OH is 1. The third-order valence-corrected chi connectivity index (χ3v) is 5.27. The predicted octanol–water partition coefficient (Wildman–Crippen LogP) is 4.72. The van der Waals surface area contributed by atoms with E-state index in [1.54, 1.807) is 30.0 Å². The van der Waals surface area contributed by atoms with Crippen LogP contribution in [0.4, 0.5) is 4.39 Å². The zero-order valence-electron chi connectivity index (χ0n) is 19.0. The second-order valence-electron chi connectivity index (χ2n) is 7.82. The summed E-state index contributed by atoms with van der Waals surface area (Å²) < 4.78 is 27.5. The van der Waals surface area contributed by atoms with Crippen molar-refractivity contribution in [2.45, 2.75) is 39.3 Å². The first-order valence-electron chi connectivity index (χ1n) is 11.0. The molecule has 0 spiro atoms. The molecule has 6 nitrogen and oxygen atoms in total. The Hall–Kier alpha value is -2.74. The average molecular weight is 442 g/mol. The molecule has 0 aliphatic heterocycles. The molecule has 1 atom stereocenters. The highest BCUT2D eigenvalue weighted by atomic mass is 19.1. The molecule has 0 saturated heterocycles. The first kappa shape index (κ1) is 23.9. The van der Waals surface area contributed by atoms with Gasteiger partial charge in [-0.25, -0.2) is 9.07 Å². The number of hydrogen-bond donors (Lipinski definition) is 1. The normalized spacial score (nSPS) is 12.3. The van der Waals surface area contributed by atoms with Crippen molar-refractivity contribution in [3.8, 4) is 17.3 Å². The summed E-state index contributed by atoms with van der Waals surface area (Å²) in [6.07, 6.45) is 1.20. The summed E-state index contributed by atoms with van der Waals surface area (Å²) in [7, 11) is 1.66. The van der Waals surface area contributed by atoms with Gasteiger partial charge in [-0.2, -0.15) is 5.10 Å². The quantitative estimate of drug-likeness (QED) is 0.441. The standard InChI is InChI=1S/C25H32FN3O3/c1-4-10-21(30)17-28(15-16-31-3)18-22-19(2)27-29(20-11-6-5-7-12-20)25(22)32-24-14-9-8-13-23(24)26/h5-9,11-14,21,30H,4,10,15-18H2,1-3H3. The number of nitrogens with zero attached hydrogens (tertiary/aromatic N) is 3. The first-order chi connectivity index (χ1) is 15.5. The van der Waals surface area contributed by atoms with Crippen molar-refractivity contribution in [1.29, 1.82) is 0 Å². The van der Waals surface area contributed by atoms with Crippen LogP contribution in [0.3, 0.4) is 0 Å². The van der Waals surface area contributed by atoms with Crippen molar-refractivity contribution in [3.63, 3.8) is 0 Å². The van der Waals surface area contributed by atoms with E-state index in [1.807, 2.05) is 37.3 Å². The molecule has 0 fully saturated rings. The molecule has 1 unspecified atom stereocenters. The lowest BCUT2D eigenvalue weighted by atomic mass is 10.1. The van der Waals surface area contributed by atoms with Crippen LogP contribution in [0, 0.1) is 12.7 Å². The van der Waals surface area contributed by atoms with E-state index >= 15 is 0 Å². The summed E-state index contributed by atoms with van der Waals surface area (Å²) in [6, 6.07) is 16.0. The van der Waals surface area contributed by atoms with Crippen LogP contribution in [0.5, 0.6) is 11.6 Å². The van der Waals surface area contributed by atoms with Gasteiger partial charge in [0, 0.05) is 26.7 Å². The second kappa shape index (κ2) is 11.8. The Morgan fingerprint density at radius 1 is 1.12 bits per heavy atom. The van der Waals surface area contributed by atoms with Gasteiger partial charge in [0.15, 0.2) is 11.6 Å². The molecule has 1 aromatic heterocycles. The lowest BCUT2D eigenvalue weighted by Gasteiger charge is -2.25. The number of aryl methyl sites for hydroxylation is 1. The van der Waals surface area contributed by atoms with Gasteiger partial charge in [-0.15, -0.1) is 0 Å². The lowest BCUT2D eigenvalue weighted by molar-refractivity contribution is 0.0795. The van der Waals surface area contributed by atoms with E-state index < -0.39 is 11.9 Å². The fraction of sp³-hybridized carbons (Fsp3) is 0.400. The largest absolute Gasteiger partial charge is 0.435 e. The highest BCUT2D eigenvalue weighted by molar-refractivity contribution is 5.43. The summed E-state index contributed by atoms with van der Waals surface area (Å²) >= 11 is 0. The molecule has 1 N–H and O–H groups in total. The minimum atomic E-state index is -0.438. The molecule has 1 heterocycles. The Morgan fingerprint density at radius 3 is 2.53 bits per heavy atom.